The molecule has 1 aliphatic rings. The molecule has 10 rings (SSSR count). The topological polar surface area (TPSA) is 25.8 Å². The highest BCUT2D eigenvalue weighted by atomic mass is 14.9. The summed E-state index contributed by atoms with van der Waals surface area (Å²) >= 11 is 0. The van der Waals surface area contributed by atoms with E-state index in [0.717, 1.165) is 33.5 Å². The van der Waals surface area contributed by atoms with Crippen molar-refractivity contribution < 1.29 is 0 Å². The van der Waals surface area contributed by atoms with Crippen LogP contribution in [0.1, 0.15) is 25.0 Å². The van der Waals surface area contributed by atoms with Gasteiger partial charge in [0.25, 0.3) is 0 Å². The van der Waals surface area contributed by atoms with E-state index >= 15 is 0 Å². The van der Waals surface area contributed by atoms with Gasteiger partial charge in [0.1, 0.15) is 0 Å². The molecule has 53 heavy (non-hydrogen) atoms. The molecule has 250 valence electrons. The van der Waals surface area contributed by atoms with Crippen LogP contribution in [0.15, 0.2) is 182 Å². The van der Waals surface area contributed by atoms with Crippen molar-refractivity contribution in [3.05, 3.63) is 193 Å². The summed E-state index contributed by atoms with van der Waals surface area (Å²) in [5, 5.41) is 4.77. The summed E-state index contributed by atoms with van der Waals surface area (Å²) in [7, 11) is 0. The van der Waals surface area contributed by atoms with Crippen LogP contribution in [-0.2, 0) is 5.41 Å². The van der Waals surface area contributed by atoms with Gasteiger partial charge >= 0.3 is 0 Å². The fourth-order valence-electron chi connectivity index (χ4n) is 8.49. The lowest BCUT2D eigenvalue weighted by Crippen LogP contribution is -2.16. The number of nitrogens with zero attached hydrogens (tertiary/aromatic N) is 2. The molecule has 0 saturated carbocycles. The monoisotopic (exact) mass is 676 g/mol. The van der Waals surface area contributed by atoms with Crippen molar-refractivity contribution in [1.82, 2.24) is 9.97 Å². The fourth-order valence-corrected chi connectivity index (χ4v) is 8.49. The average Bonchev–Trinajstić information content (AvgIpc) is 3.46. The fraction of sp³-hybridized carbons (Fsp3) is 0.0588. The van der Waals surface area contributed by atoms with E-state index in [0.29, 0.717) is 5.82 Å². The molecule has 0 fully saturated rings. The average molecular weight is 677 g/mol. The first-order valence-corrected chi connectivity index (χ1v) is 18.3. The number of hydrogen-bond acceptors (Lipinski definition) is 2. The highest BCUT2D eigenvalue weighted by Crippen LogP contribution is 2.52. The first-order valence-electron chi connectivity index (χ1n) is 18.3. The molecule has 0 saturated heterocycles. The number of benzene rings is 8. The maximum absolute atomic E-state index is 5.20. The second-order valence-corrected chi connectivity index (χ2v) is 14.6. The molecule has 1 aliphatic carbocycles. The summed E-state index contributed by atoms with van der Waals surface area (Å²) in [6.07, 6.45) is 0. The number of hydrogen-bond donors (Lipinski definition) is 0. The quantitative estimate of drug-likeness (QED) is 0.181. The third-order valence-corrected chi connectivity index (χ3v) is 11.1. The molecule has 0 N–H and O–H groups in total. The van der Waals surface area contributed by atoms with Crippen molar-refractivity contribution in [3.63, 3.8) is 0 Å². The summed E-state index contributed by atoms with van der Waals surface area (Å²) in [5.41, 5.74) is 15.3. The largest absolute Gasteiger partial charge is 0.228 e. The van der Waals surface area contributed by atoms with Crippen LogP contribution >= 0.6 is 0 Å². The van der Waals surface area contributed by atoms with Gasteiger partial charge in [-0.05, 0) is 78.2 Å². The van der Waals surface area contributed by atoms with Crippen molar-refractivity contribution >= 4 is 21.5 Å². The molecule has 0 spiro atoms. The minimum absolute atomic E-state index is 0.0667. The Kier molecular flexibility index (Phi) is 7.19. The number of fused-ring (bicyclic) bond motifs is 5. The summed E-state index contributed by atoms with van der Waals surface area (Å²) in [6.45, 7) is 4.71. The zero-order valence-electron chi connectivity index (χ0n) is 29.7. The maximum atomic E-state index is 5.20. The van der Waals surface area contributed by atoms with Crippen molar-refractivity contribution in [2.24, 2.45) is 0 Å². The van der Waals surface area contributed by atoms with Crippen molar-refractivity contribution in [2.45, 2.75) is 19.3 Å². The van der Waals surface area contributed by atoms with Gasteiger partial charge in [-0.25, -0.2) is 9.97 Å². The van der Waals surface area contributed by atoms with E-state index in [-0.39, 0.29) is 5.41 Å². The first-order chi connectivity index (χ1) is 26.0. The Bertz CT molecular complexity index is 2850. The van der Waals surface area contributed by atoms with Crippen LogP contribution in [0.5, 0.6) is 0 Å². The molecule has 0 radical (unpaired) electrons. The number of aromatic nitrogens is 2. The van der Waals surface area contributed by atoms with Crippen LogP contribution in [0.3, 0.4) is 0 Å². The molecule has 1 heterocycles. The van der Waals surface area contributed by atoms with E-state index in [4.69, 9.17) is 9.97 Å². The summed E-state index contributed by atoms with van der Waals surface area (Å²) in [4.78, 5) is 10.3. The lowest BCUT2D eigenvalue weighted by molar-refractivity contribution is 0.662. The highest BCUT2D eigenvalue weighted by molar-refractivity contribution is 6.05. The summed E-state index contributed by atoms with van der Waals surface area (Å²) in [5.74, 6) is 0.716. The molecular weight excluding hydrogens is 641 g/mol. The van der Waals surface area contributed by atoms with Gasteiger partial charge in [-0.15, -0.1) is 0 Å². The predicted octanol–water partition coefficient (Wildman–Crippen LogP) is 13.4. The van der Waals surface area contributed by atoms with Crippen LogP contribution in [-0.4, -0.2) is 9.97 Å². The second-order valence-electron chi connectivity index (χ2n) is 14.6. The van der Waals surface area contributed by atoms with E-state index in [9.17, 15) is 0 Å². The molecule has 8 aromatic carbocycles. The summed E-state index contributed by atoms with van der Waals surface area (Å²) in [6, 6.07) is 65.4. The lowest BCUT2D eigenvalue weighted by Gasteiger charge is -2.24. The third kappa shape index (κ3) is 5.18. The van der Waals surface area contributed by atoms with E-state index < -0.39 is 0 Å². The van der Waals surface area contributed by atoms with Crippen LogP contribution in [0.4, 0.5) is 0 Å². The Morgan fingerprint density at radius 2 is 0.943 bits per heavy atom. The Hall–Kier alpha value is -6.64. The lowest BCUT2D eigenvalue weighted by atomic mass is 9.79. The van der Waals surface area contributed by atoms with Crippen molar-refractivity contribution in [3.8, 4) is 67.3 Å². The van der Waals surface area contributed by atoms with Crippen molar-refractivity contribution in [2.75, 3.05) is 0 Å². The molecule has 9 aromatic rings. The molecule has 0 amide bonds. The zero-order valence-corrected chi connectivity index (χ0v) is 29.7. The Labute approximate surface area is 310 Å². The van der Waals surface area contributed by atoms with Gasteiger partial charge in [0.2, 0.25) is 0 Å². The normalized spacial score (nSPS) is 12.9. The van der Waals surface area contributed by atoms with Gasteiger partial charge in [0.15, 0.2) is 5.82 Å². The molecule has 0 atom stereocenters. The van der Waals surface area contributed by atoms with Gasteiger partial charge < -0.3 is 0 Å². The predicted molar refractivity (Wildman–Crippen MR) is 222 cm³/mol. The van der Waals surface area contributed by atoms with E-state index in [2.05, 4.69) is 178 Å². The van der Waals surface area contributed by atoms with Crippen LogP contribution < -0.4 is 0 Å². The highest BCUT2D eigenvalue weighted by Gasteiger charge is 2.37. The third-order valence-electron chi connectivity index (χ3n) is 11.1. The van der Waals surface area contributed by atoms with Gasteiger partial charge in [-0.2, -0.15) is 0 Å². The molecule has 0 aliphatic heterocycles. The van der Waals surface area contributed by atoms with E-state index in [1.165, 1.54) is 60.7 Å². The Morgan fingerprint density at radius 3 is 1.75 bits per heavy atom. The number of rotatable bonds is 5. The molecular formula is C51H36N2. The van der Waals surface area contributed by atoms with Gasteiger partial charge in [0, 0.05) is 22.1 Å². The van der Waals surface area contributed by atoms with Crippen molar-refractivity contribution in [1.29, 1.82) is 0 Å². The smallest absolute Gasteiger partial charge is 0.160 e. The van der Waals surface area contributed by atoms with Crippen LogP contribution in [0, 0.1) is 0 Å². The van der Waals surface area contributed by atoms with Gasteiger partial charge in [-0.1, -0.05) is 184 Å². The Balaban J connectivity index is 1.07. The molecule has 0 unspecified atom stereocenters. The Morgan fingerprint density at radius 1 is 0.358 bits per heavy atom. The standard InChI is InChI=1S/C51H36N2/c1-51(2)46-22-11-10-19-43(46)45-21-12-20-40(49(45)51)35-26-24-34(25-27-35)39-29-30-44(42-18-9-8-17-41(39)42)48-32-47(52-50(53-48)36-14-4-3-5-15-36)38-28-23-33-13-6-7-16-37(33)31-38/h3-32H,1-2H3. The van der Waals surface area contributed by atoms with Gasteiger partial charge in [-0.3, -0.25) is 0 Å². The minimum atomic E-state index is -0.0667. The minimum Gasteiger partial charge on any atom is -0.228 e. The van der Waals surface area contributed by atoms with Crippen LogP contribution in [0.2, 0.25) is 0 Å². The second kappa shape index (κ2) is 12.3. The first kappa shape index (κ1) is 31.1. The zero-order chi connectivity index (χ0) is 35.5. The van der Waals surface area contributed by atoms with Crippen LogP contribution in [0.25, 0.3) is 88.8 Å². The summed E-state index contributed by atoms with van der Waals surface area (Å²) < 4.78 is 0. The van der Waals surface area contributed by atoms with Gasteiger partial charge in [0.05, 0.1) is 11.4 Å². The van der Waals surface area contributed by atoms with E-state index in [1.54, 1.807) is 0 Å². The molecule has 2 nitrogen and oxygen atoms in total. The molecule has 1 aromatic heterocycles. The molecule has 0 bridgehead atoms. The SMILES string of the molecule is CC1(C)c2ccccc2-c2cccc(-c3ccc(-c4ccc(-c5cc(-c6ccc7ccccc7c6)nc(-c6ccccc6)n5)c5ccccc45)cc3)c21. The van der Waals surface area contributed by atoms with E-state index in [1.807, 2.05) is 18.2 Å². The maximum Gasteiger partial charge on any atom is 0.160 e. The molecule has 2 heteroatoms.